The van der Waals surface area contributed by atoms with Gasteiger partial charge in [-0.15, -0.1) is 17.0 Å². The standard InChI is InChI=1S/C10H20BrN.BrH/c1-9-5-3-4-8-12(9)10(2)6-7-11;/h9-10H,3-8H2,1-2H3;1H. The maximum atomic E-state index is 3.51. The Labute approximate surface area is 101 Å². The molecular formula is C10H21Br2N. The summed E-state index contributed by atoms with van der Waals surface area (Å²) in [5.41, 5.74) is 0. The number of hydrogen-bond donors (Lipinski definition) is 0. The molecule has 1 fully saturated rings. The van der Waals surface area contributed by atoms with Gasteiger partial charge in [0.1, 0.15) is 0 Å². The Morgan fingerprint density at radius 2 is 2.15 bits per heavy atom. The number of halogens is 2. The summed E-state index contributed by atoms with van der Waals surface area (Å²) in [6.07, 6.45) is 5.51. The minimum Gasteiger partial charge on any atom is -0.298 e. The van der Waals surface area contributed by atoms with E-state index in [-0.39, 0.29) is 17.0 Å². The molecule has 1 saturated heterocycles. The third kappa shape index (κ3) is 4.30. The molecule has 1 rings (SSSR count). The van der Waals surface area contributed by atoms with E-state index in [0.717, 1.165) is 17.4 Å². The van der Waals surface area contributed by atoms with Crippen molar-refractivity contribution >= 4 is 32.9 Å². The number of piperidine rings is 1. The summed E-state index contributed by atoms with van der Waals surface area (Å²) >= 11 is 3.51. The molecule has 2 atom stereocenters. The van der Waals surface area contributed by atoms with Crippen LogP contribution in [0.25, 0.3) is 0 Å². The van der Waals surface area contributed by atoms with Crippen LogP contribution in [0.5, 0.6) is 0 Å². The average molecular weight is 315 g/mol. The highest BCUT2D eigenvalue weighted by molar-refractivity contribution is 9.09. The molecule has 0 aliphatic carbocycles. The second kappa shape index (κ2) is 7.24. The maximum absolute atomic E-state index is 3.51. The van der Waals surface area contributed by atoms with Gasteiger partial charge in [0.2, 0.25) is 0 Å². The van der Waals surface area contributed by atoms with Gasteiger partial charge in [-0.25, -0.2) is 0 Å². The predicted octanol–water partition coefficient (Wildman–Crippen LogP) is 3.61. The lowest BCUT2D eigenvalue weighted by Gasteiger charge is -2.37. The Kier molecular flexibility index (Phi) is 7.76. The third-order valence-corrected chi connectivity index (χ3v) is 3.41. The summed E-state index contributed by atoms with van der Waals surface area (Å²) in [5, 5.41) is 1.14. The zero-order valence-electron chi connectivity index (χ0n) is 8.63. The molecule has 3 heteroatoms. The third-order valence-electron chi connectivity index (χ3n) is 2.95. The van der Waals surface area contributed by atoms with E-state index in [1.807, 2.05) is 0 Å². The Morgan fingerprint density at radius 1 is 1.46 bits per heavy atom. The molecule has 2 unspecified atom stereocenters. The first kappa shape index (κ1) is 13.9. The van der Waals surface area contributed by atoms with Gasteiger partial charge in [0.15, 0.2) is 0 Å². The number of hydrogen-bond acceptors (Lipinski definition) is 1. The fourth-order valence-electron chi connectivity index (χ4n) is 2.10. The first-order chi connectivity index (χ1) is 5.75. The predicted molar refractivity (Wildman–Crippen MR) is 68.2 cm³/mol. The van der Waals surface area contributed by atoms with Crippen LogP contribution in [0.2, 0.25) is 0 Å². The number of alkyl halides is 1. The van der Waals surface area contributed by atoms with Gasteiger partial charge >= 0.3 is 0 Å². The van der Waals surface area contributed by atoms with Crippen LogP contribution < -0.4 is 0 Å². The van der Waals surface area contributed by atoms with Gasteiger partial charge in [-0.3, -0.25) is 4.90 Å². The largest absolute Gasteiger partial charge is 0.298 e. The van der Waals surface area contributed by atoms with Gasteiger partial charge in [0.05, 0.1) is 0 Å². The maximum Gasteiger partial charge on any atom is 0.00777 e. The molecule has 0 aromatic rings. The van der Waals surface area contributed by atoms with Crippen LogP contribution >= 0.6 is 32.9 Å². The van der Waals surface area contributed by atoms with Crippen LogP contribution in [-0.4, -0.2) is 28.9 Å². The van der Waals surface area contributed by atoms with Gasteiger partial charge in [0, 0.05) is 17.4 Å². The normalized spacial score (nSPS) is 26.5. The van der Waals surface area contributed by atoms with Crippen LogP contribution in [0.15, 0.2) is 0 Å². The quantitative estimate of drug-likeness (QED) is 0.719. The number of nitrogens with zero attached hydrogens (tertiary/aromatic N) is 1. The minimum absolute atomic E-state index is 0. The summed E-state index contributed by atoms with van der Waals surface area (Å²) in [6, 6.07) is 1.58. The van der Waals surface area contributed by atoms with Crippen LogP contribution in [0, 0.1) is 0 Å². The molecule has 13 heavy (non-hydrogen) atoms. The molecule has 0 saturated carbocycles. The first-order valence-electron chi connectivity index (χ1n) is 5.07. The summed E-state index contributed by atoms with van der Waals surface area (Å²) in [7, 11) is 0. The van der Waals surface area contributed by atoms with Crippen LogP contribution in [0.4, 0.5) is 0 Å². The molecule has 0 radical (unpaired) electrons. The van der Waals surface area contributed by atoms with Gasteiger partial charge in [0.25, 0.3) is 0 Å². The molecule has 0 N–H and O–H groups in total. The highest BCUT2D eigenvalue weighted by Gasteiger charge is 2.22. The number of likely N-dealkylation sites (tertiary alicyclic amines) is 1. The van der Waals surface area contributed by atoms with Crippen LogP contribution in [-0.2, 0) is 0 Å². The molecule has 0 spiro atoms. The lowest BCUT2D eigenvalue weighted by molar-refractivity contribution is 0.113. The molecule has 1 aliphatic heterocycles. The average Bonchev–Trinajstić information content (AvgIpc) is 2.05. The summed E-state index contributed by atoms with van der Waals surface area (Å²) in [5.74, 6) is 0. The van der Waals surface area contributed by atoms with Crippen LogP contribution in [0.3, 0.4) is 0 Å². The Balaban J connectivity index is 0.00000144. The van der Waals surface area contributed by atoms with E-state index in [1.54, 1.807) is 0 Å². The molecule has 1 nitrogen and oxygen atoms in total. The van der Waals surface area contributed by atoms with E-state index >= 15 is 0 Å². The molecule has 0 amide bonds. The monoisotopic (exact) mass is 313 g/mol. The second-order valence-electron chi connectivity index (χ2n) is 3.91. The molecule has 0 aromatic heterocycles. The summed E-state index contributed by atoms with van der Waals surface area (Å²) < 4.78 is 0. The van der Waals surface area contributed by atoms with E-state index < -0.39 is 0 Å². The zero-order valence-corrected chi connectivity index (χ0v) is 11.9. The van der Waals surface area contributed by atoms with Crippen molar-refractivity contribution in [3.05, 3.63) is 0 Å². The summed E-state index contributed by atoms with van der Waals surface area (Å²) in [6.45, 7) is 6.03. The van der Waals surface area contributed by atoms with E-state index in [9.17, 15) is 0 Å². The minimum atomic E-state index is 0. The Morgan fingerprint density at radius 3 is 2.69 bits per heavy atom. The van der Waals surface area contributed by atoms with Gasteiger partial charge in [-0.05, 0) is 39.7 Å². The molecule has 1 heterocycles. The van der Waals surface area contributed by atoms with E-state index in [2.05, 4.69) is 34.7 Å². The Hall–Kier alpha value is 0.920. The highest BCUT2D eigenvalue weighted by Crippen LogP contribution is 2.20. The Bertz CT molecular complexity index is 130. The van der Waals surface area contributed by atoms with Gasteiger partial charge in [-0.2, -0.15) is 0 Å². The molecular weight excluding hydrogens is 294 g/mol. The van der Waals surface area contributed by atoms with Crippen molar-refractivity contribution in [3.8, 4) is 0 Å². The van der Waals surface area contributed by atoms with E-state index in [1.165, 1.54) is 32.2 Å². The fraction of sp³-hybridized carbons (Fsp3) is 1.00. The SMILES string of the molecule is Br.CC(CCBr)N1CCCCC1C. The molecule has 0 aromatic carbocycles. The lowest BCUT2D eigenvalue weighted by Crippen LogP contribution is -2.43. The summed E-state index contributed by atoms with van der Waals surface area (Å²) in [4.78, 5) is 2.66. The fourth-order valence-corrected chi connectivity index (χ4v) is 2.76. The first-order valence-corrected chi connectivity index (χ1v) is 6.19. The van der Waals surface area contributed by atoms with Crippen molar-refractivity contribution in [2.24, 2.45) is 0 Å². The van der Waals surface area contributed by atoms with Crippen molar-refractivity contribution in [3.63, 3.8) is 0 Å². The van der Waals surface area contributed by atoms with E-state index in [0.29, 0.717) is 0 Å². The van der Waals surface area contributed by atoms with Gasteiger partial charge < -0.3 is 0 Å². The van der Waals surface area contributed by atoms with Crippen LogP contribution in [0.1, 0.15) is 39.5 Å². The topological polar surface area (TPSA) is 3.24 Å². The zero-order chi connectivity index (χ0) is 8.97. The highest BCUT2D eigenvalue weighted by atomic mass is 79.9. The van der Waals surface area contributed by atoms with Crippen molar-refractivity contribution in [1.82, 2.24) is 4.90 Å². The van der Waals surface area contributed by atoms with Crippen molar-refractivity contribution < 1.29 is 0 Å². The molecule has 1 aliphatic rings. The van der Waals surface area contributed by atoms with Crippen molar-refractivity contribution in [1.29, 1.82) is 0 Å². The van der Waals surface area contributed by atoms with Crippen molar-refractivity contribution in [2.75, 3.05) is 11.9 Å². The molecule has 80 valence electrons. The lowest BCUT2D eigenvalue weighted by atomic mass is 10.0. The second-order valence-corrected chi connectivity index (χ2v) is 4.70. The van der Waals surface area contributed by atoms with Crippen molar-refractivity contribution in [2.45, 2.75) is 51.6 Å². The van der Waals surface area contributed by atoms with Gasteiger partial charge in [-0.1, -0.05) is 22.4 Å². The number of rotatable bonds is 3. The van der Waals surface area contributed by atoms with E-state index in [4.69, 9.17) is 0 Å². The molecule has 0 bridgehead atoms. The smallest absolute Gasteiger partial charge is 0.00777 e.